The third-order valence-corrected chi connectivity index (χ3v) is 5.94. The number of rotatable bonds is 4. The zero-order chi connectivity index (χ0) is 19.6. The number of amides is 1. The third-order valence-electron chi connectivity index (χ3n) is 5.94. The van der Waals surface area contributed by atoms with E-state index >= 15 is 0 Å². The fourth-order valence-electron chi connectivity index (χ4n) is 4.32. The highest BCUT2D eigenvalue weighted by Gasteiger charge is 2.45. The van der Waals surface area contributed by atoms with Gasteiger partial charge in [-0.05, 0) is 37.5 Å². The van der Waals surface area contributed by atoms with Gasteiger partial charge in [-0.2, -0.15) is 0 Å². The fourth-order valence-corrected chi connectivity index (χ4v) is 4.32. The summed E-state index contributed by atoms with van der Waals surface area (Å²) in [5.41, 5.74) is 1.58. The van der Waals surface area contributed by atoms with Crippen molar-refractivity contribution in [3.05, 3.63) is 66.2 Å². The molecule has 0 aliphatic carbocycles. The Balaban J connectivity index is 1.41. The van der Waals surface area contributed by atoms with Crippen molar-refractivity contribution in [3.63, 3.8) is 0 Å². The van der Waals surface area contributed by atoms with Crippen LogP contribution in [-0.2, 0) is 9.53 Å². The van der Waals surface area contributed by atoms with E-state index in [0.29, 0.717) is 13.1 Å². The van der Waals surface area contributed by atoms with E-state index in [2.05, 4.69) is 4.90 Å². The molecule has 2 saturated heterocycles. The van der Waals surface area contributed by atoms with Gasteiger partial charge >= 0.3 is 0 Å². The van der Waals surface area contributed by atoms with E-state index in [9.17, 15) is 9.90 Å². The Hall–Kier alpha value is -2.21. The van der Waals surface area contributed by atoms with Crippen molar-refractivity contribution < 1.29 is 14.6 Å². The van der Waals surface area contributed by atoms with Crippen molar-refractivity contribution in [2.24, 2.45) is 0 Å². The summed E-state index contributed by atoms with van der Waals surface area (Å²) in [6.07, 6.45) is 0.796. The van der Waals surface area contributed by atoms with Crippen LogP contribution in [0, 0.1) is 0 Å². The van der Waals surface area contributed by atoms with Crippen LogP contribution in [0.25, 0.3) is 0 Å². The molecule has 5 nitrogen and oxygen atoms in total. The average molecular weight is 380 g/mol. The molecule has 2 aromatic rings. The van der Waals surface area contributed by atoms with Crippen molar-refractivity contribution >= 4 is 11.6 Å². The number of nitrogens with zero attached hydrogens (tertiary/aromatic N) is 2. The number of anilines is 1. The van der Waals surface area contributed by atoms with Gasteiger partial charge in [-0.15, -0.1) is 0 Å². The SMILES string of the molecule is C[C@@H]1OC2(CCN(C[C@H](O)c3ccccc3)CC2)CN(c2ccccc2)C1=O. The van der Waals surface area contributed by atoms with Crippen LogP contribution in [0.5, 0.6) is 0 Å². The summed E-state index contributed by atoms with van der Waals surface area (Å²) >= 11 is 0. The minimum absolute atomic E-state index is 0.0266. The highest BCUT2D eigenvalue weighted by Crippen LogP contribution is 2.35. The smallest absolute Gasteiger partial charge is 0.255 e. The van der Waals surface area contributed by atoms with E-state index in [1.807, 2.05) is 72.5 Å². The summed E-state index contributed by atoms with van der Waals surface area (Å²) in [4.78, 5) is 16.8. The second kappa shape index (κ2) is 8.03. The van der Waals surface area contributed by atoms with Crippen LogP contribution in [-0.4, -0.2) is 53.8 Å². The van der Waals surface area contributed by atoms with E-state index in [0.717, 1.165) is 37.2 Å². The van der Waals surface area contributed by atoms with Gasteiger partial charge < -0.3 is 19.6 Å². The zero-order valence-electron chi connectivity index (χ0n) is 16.3. The number of para-hydroxylation sites is 1. The predicted octanol–water partition coefficient (Wildman–Crippen LogP) is 3.01. The Labute approximate surface area is 166 Å². The van der Waals surface area contributed by atoms with Crippen LogP contribution >= 0.6 is 0 Å². The molecule has 2 heterocycles. The van der Waals surface area contributed by atoms with Gasteiger partial charge in [-0.1, -0.05) is 48.5 Å². The predicted molar refractivity (Wildman–Crippen MR) is 109 cm³/mol. The van der Waals surface area contributed by atoms with E-state index in [1.165, 1.54) is 0 Å². The van der Waals surface area contributed by atoms with Crippen molar-refractivity contribution in [1.29, 1.82) is 0 Å². The second-order valence-corrected chi connectivity index (χ2v) is 7.93. The summed E-state index contributed by atoms with van der Waals surface area (Å²) in [5, 5.41) is 10.5. The number of piperidine rings is 1. The quantitative estimate of drug-likeness (QED) is 0.886. The molecule has 0 radical (unpaired) electrons. The number of ether oxygens (including phenoxy) is 1. The average Bonchev–Trinajstić information content (AvgIpc) is 2.74. The molecule has 0 saturated carbocycles. The maximum atomic E-state index is 12.7. The molecule has 0 unspecified atom stereocenters. The van der Waals surface area contributed by atoms with Crippen molar-refractivity contribution in [3.8, 4) is 0 Å². The third kappa shape index (κ3) is 3.97. The first-order chi connectivity index (χ1) is 13.6. The lowest BCUT2D eigenvalue weighted by molar-refractivity contribution is -0.162. The number of aliphatic hydroxyl groups excluding tert-OH is 1. The van der Waals surface area contributed by atoms with Crippen LogP contribution in [0.1, 0.15) is 31.4 Å². The Bertz CT molecular complexity index is 788. The van der Waals surface area contributed by atoms with Crippen molar-refractivity contribution in [1.82, 2.24) is 4.90 Å². The maximum Gasteiger partial charge on any atom is 0.255 e. The number of carbonyl (C=O) groups is 1. The van der Waals surface area contributed by atoms with Gasteiger partial charge in [0, 0.05) is 25.3 Å². The van der Waals surface area contributed by atoms with Crippen LogP contribution in [0.2, 0.25) is 0 Å². The molecule has 28 heavy (non-hydrogen) atoms. The summed E-state index contributed by atoms with van der Waals surface area (Å²) < 4.78 is 6.24. The van der Waals surface area contributed by atoms with Crippen molar-refractivity contribution in [2.75, 3.05) is 31.1 Å². The number of morpholine rings is 1. The lowest BCUT2D eigenvalue weighted by Gasteiger charge is -2.49. The first kappa shape index (κ1) is 19.1. The van der Waals surface area contributed by atoms with Gasteiger partial charge in [0.15, 0.2) is 0 Å². The summed E-state index contributed by atoms with van der Waals surface area (Å²) in [5.74, 6) is 0.0266. The normalized spacial score (nSPS) is 23.7. The number of hydrogen-bond donors (Lipinski definition) is 1. The molecule has 2 aliphatic rings. The Morgan fingerprint density at radius 2 is 1.68 bits per heavy atom. The topological polar surface area (TPSA) is 53.0 Å². The maximum absolute atomic E-state index is 12.7. The lowest BCUT2D eigenvalue weighted by atomic mass is 9.88. The first-order valence-corrected chi connectivity index (χ1v) is 10.1. The molecule has 2 atom stereocenters. The minimum Gasteiger partial charge on any atom is -0.387 e. The van der Waals surface area contributed by atoms with Crippen LogP contribution in [0.4, 0.5) is 5.69 Å². The summed E-state index contributed by atoms with van der Waals surface area (Å²) in [6.45, 7) is 4.78. The zero-order valence-corrected chi connectivity index (χ0v) is 16.3. The van der Waals surface area contributed by atoms with E-state index in [4.69, 9.17) is 4.74 Å². The first-order valence-electron chi connectivity index (χ1n) is 10.1. The van der Waals surface area contributed by atoms with E-state index < -0.39 is 12.2 Å². The van der Waals surface area contributed by atoms with Gasteiger partial charge in [0.25, 0.3) is 5.91 Å². The highest BCUT2D eigenvalue weighted by atomic mass is 16.5. The van der Waals surface area contributed by atoms with Crippen LogP contribution in [0.3, 0.4) is 0 Å². The molecule has 1 N–H and O–H groups in total. The molecular weight excluding hydrogens is 352 g/mol. The van der Waals surface area contributed by atoms with E-state index in [1.54, 1.807) is 0 Å². The molecule has 1 spiro atoms. The van der Waals surface area contributed by atoms with E-state index in [-0.39, 0.29) is 11.5 Å². The molecule has 2 aromatic carbocycles. The number of likely N-dealkylation sites (tertiary alicyclic amines) is 1. The van der Waals surface area contributed by atoms with Gasteiger partial charge in [-0.25, -0.2) is 0 Å². The van der Waals surface area contributed by atoms with Gasteiger partial charge in [0.2, 0.25) is 0 Å². The van der Waals surface area contributed by atoms with Crippen molar-refractivity contribution in [2.45, 2.75) is 37.6 Å². The number of β-amino-alcohol motifs (C(OH)–C–C–N with tert-alkyl or cyclic N) is 1. The standard InChI is InChI=1S/C23H28N2O3/c1-18-22(27)25(20-10-6-3-7-11-20)17-23(28-18)12-14-24(15-13-23)16-21(26)19-8-4-2-5-9-19/h2-11,18,21,26H,12-17H2,1H3/t18-,21-/m0/s1. The molecule has 0 bridgehead atoms. The Morgan fingerprint density at radius 1 is 1.07 bits per heavy atom. The van der Waals surface area contributed by atoms with Crippen LogP contribution < -0.4 is 4.90 Å². The summed E-state index contributed by atoms with van der Waals surface area (Å²) in [7, 11) is 0. The minimum atomic E-state index is -0.483. The molecule has 148 valence electrons. The fraction of sp³-hybridized carbons (Fsp3) is 0.435. The van der Waals surface area contributed by atoms with Gasteiger partial charge in [-0.3, -0.25) is 4.79 Å². The molecule has 5 heteroatoms. The Kier molecular flexibility index (Phi) is 5.49. The van der Waals surface area contributed by atoms with Gasteiger partial charge in [0.05, 0.1) is 18.2 Å². The highest BCUT2D eigenvalue weighted by molar-refractivity contribution is 5.97. The number of hydrogen-bond acceptors (Lipinski definition) is 4. The van der Waals surface area contributed by atoms with Crippen LogP contribution in [0.15, 0.2) is 60.7 Å². The molecule has 2 aliphatic heterocycles. The number of carbonyl (C=O) groups excluding carboxylic acids is 1. The monoisotopic (exact) mass is 380 g/mol. The Morgan fingerprint density at radius 3 is 2.32 bits per heavy atom. The largest absolute Gasteiger partial charge is 0.387 e. The molecule has 2 fully saturated rings. The summed E-state index contributed by atoms with van der Waals surface area (Å²) in [6, 6.07) is 19.6. The molecule has 4 rings (SSSR count). The lowest BCUT2D eigenvalue weighted by Crippen LogP contribution is -2.61. The molecule has 0 aromatic heterocycles. The number of aliphatic hydroxyl groups is 1. The van der Waals surface area contributed by atoms with Gasteiger partial charge in [0.1, 0.15) is 6.10 Å². The number of benzene rings is 2. The molecule has 1 amide bonds. The molecular formula is C23H28N2O3. The second-order valence-electron chi connectivity index (χ2n) is 7.93.